The second-order valence-electron chi connectivity index (χ2n) is 7.67. The van der Waals surface area contributed by atoms with Gasteiger partial charge in [-0.2, -0.15) is 29.8 Å². The molecule has 0 aliphatic carbocycles. The second-order valence-corrected chi connectivity index (χ2v) is 8.45. The molecule has 0 spiro atoms. The van der Waals surface area contributed by atoms with Crippen molar-refractivity contribution in [1.82, 2.24) is 9.55 Å². The number of thiophene rings is 1. The first kappa shape index (κ1) is 24.0. The number of hydrogen-bond acceptors (Lipinski definition) is 5. The summed E-state index contributed by atoms with van der Waals surface area (Å²) in [6, 6.07) is 13.3. The molecule has 0 aliphatic heterocycles. The summed E-state index contributed by atoms with van der Waals surface area (Å²) in [6.07, 6.45) is -4.58. The number of nitrogens with zero attached hydrogens (tertiary/aromatic N) is 4. The fourth-order valence-corrected chi connectivity index (χ4v) is 4.24. The normalized spacial score (nSPS) is 11.3. The van der Waals surface area contributed by atoms with Crippen LogP contribution < -0.4 is 10.2 Å². The number of nitriles is 1. The third-order valence-corrected chi connectivity index (χ3v) is 5.92. The number of nitrogens with one attached hydrogen (secondary N) is 1. The quantitative estimate of drug-likeness (QED) is 0.397. The molecule has 0 aliphatic rings. The van der Waals surface area contributed by atoms with Crippen molar-refractivity contribution < 1.29 is 22.8 Å². The number of benzene rings is 2. The topological polar surface area (TPSA) is 91.0 Å². The van der Waals surface area contributed by atoms with E-state index in [9.17, 15) is 28.0 Å². The maximum atomic E-state index is 13.5. The van der Waals surface area contributed by atoms with Crippen LogP contribution in [0, 0.1) is 11.3 Å². The van der Waals surface area contributed by atoms with Gasteiger partial charge in [0.1, 0.15) is 12.6 Å². The van der Waals surface area contributed by atoms with Gasteiger partial charge in [0, 0.05) is 18.3 Å². The van der Waals surface area contributed by atoms with Crippen LogP contribution in [-0.4, -0.2) is 21.4 Å². The van der Waals surface area contributed by atoms with Crippen LogP contribution in [0.5, 0.6) is 0 Å². The van der Waals surface area contributed by atoms with Crippen molar-refractivity contribution in [3.63, 3.8) is 0 Å². The van der Waals surface area contributed by atoms with Crippen LogP contribution in [0.2, 0.25) is 0 Å². The number of halogens is 3. The molecule has 0 saturated heterocycles. The molecule has 1 N–H and O–H groups in total. The number of rotatable bonds is 6. The standard InChI is InChI=1S/C24H18F3N5O2S/c1-15(33)29-18-3-5-19(6-4-18)31(12-16-8-9-35-14-16)23(34)13-32-21-10-17(24(25,26)27)2-7-20(21)30-22(32)11-28/h2-10,14H,12-13H2,1H3,(H,29,33). The van der Waals surface area contributed by atoms with Crippen LogP contribution in [0.25, 0.3) is 11.0 Å². The molecule has 2 heterocycles. The number of carbonyl (C=O) groups excluding carboxylic acids is 2. The van der Waals surface area contributed by atoms with Gasteiger partial charge in [0.2, 0.25) is 17.6 Å². The summed E-state index contributed by atoms with van der Waals surface area (Å²) in [7, 11) is 0. The Morgan fingerprint density at radius 2 is 1.91 bits per heavy atom. The van der Waals surface area contributed by atoms with Crippen molar-refractivity contribution in [2.75, 3.05) is 10.2 Å². The Kier molecular flexibility index (Phi) is 6.57. The molecule has 2 aromatic carbocycles. The van der Waals surface area contributed by atoms with Crippen molar-refractivity contribution in [1.29, 1.82) is 5.26 Å². The Morgan fingerprint density at radius 1 is 1.17 bits per heavy atom. The van der Waals surface area contributed by atoms with Gasteiger partial charge in [-0.05, 0) is 64.9 Å². The lowest BCUT2D eigenvalue weighted by atomic mass is 10.2. The van der Waals surface area contributed by atoms with Crippen molar-refractivity contribution in [2.45, 2.75) is 26.2 Å². The van der Waals surface area contributed by atoms with Gasteiger partial charge in [-0.25, -0.2) is 4.98 Å². The minimum absolute atomic E-state index is 0.0428. The Hall–Kier alpha value is -4.17. The van der Waals surface area contributed by atoms with E-state index < -0.39 is 24.2 Å². The van der Waals surface area contributed by atoms with Crippen LogP contribution in [0.3, 0.4) is 0 Å². The lowest BCUT2D eigenvalue weighted by Gasteiger charge is -2.23. The smallest absolute Gasteiger partial charge is 0.326 e. The van der Waals surface area contributed by atoms with Crippen molar-refractivity contribution in [3.05, 3.63) is 76.2 Å². The van der Waals surface area contributed by atoms with Crippen LogP contribution in [0.1, 0.15) is 23.9 Å². The van der Waals surface area contributed by atoms with E-state index in [1.807, 2.05) is 22.9 Å². The van der Waals surface area contributed by atoms with Gasteiger partial charge in [-0.15, -0.1) is 0 Å². The van der Waals surface area contributed by atoms with Gasteiger partial charge < -0.3 is 14.8 Å². The molecule has 2 aromatic heterocycles. The molecule has 0 radical (unpaired) electrons. The molecular formula is C24H18F3N5O2S. The first-order chi connectivity index (χ1) is 16.7. The molecule has 35 heavy (non-hydrogen) atoms. The van der Waals surface area contributed by atoms with E-state index in [1.54, 1.807) is 24.3 Å². The second kappa shape index (κ2) is 9.60. The molecule has 0 fully saturated rings. The summed E-state index contributed by atoms with van der Waals surface area (Å²) in [5.74, 6) is -0.848. The fraction of sp³-hybridized carbons (Fsp3) is 0.167. The lowest BCUT2D eigenvalue weighted by Crippen LogP contribution is -2.33. The highest BCUT2D eigenvalue weighted by Crippen LogP contribution is 2.32. The summed E-state index contributed by atoms with van der Waals surface area (Å²) < 4.78 is 41.0. The summed E-state index contributed by atoms with van der Waals surface area (Å²) in [5.41, 5.74) is 1.27. The van der Waals surface area contributed by atoms with Gasteiger partial charge in [-0.3, -0.25) is 9.59 Å². The number of anilines is 2. The summed E-state index contributed by atoms with van der Waals surface area (Å²) >= 11 is 1.46. The molecule has 178 valence electrons. The SMILES string of the molecule is CC(=O)Nc1ccc(N(Cc2ccsc2)C(=O)Cn2c(C#N)nc3ccc(C(F)(F)F)cc32)cc1. The number of hydrogen-bond donors (Lipinski definition) is 1. The number of fused-ring (bicyclic) bond motifs is 1. The predicted molar refractivity (Wildman–Crippen MR) is 126 cm³/mol. The van der Waals surface area contributed by atoms with Crippen molar-refractivity contribution >= 4 is 45.6 Å². The van der Waals surface area contributed by atoms with Crippen LogP contribution >= 0.6 is 11.3 Å². The zero-order valence-electron chi connectivity index (χ0n) is 18.3. The highest BCUT2D eigenvalue weighted by Gasteiger charge is 2.31. The molecule has 4 rings (SSSR count). The van der Waals surface area contributed by atoms with E-state index in [2.05, 4.69) is 10.3 Å². The molecule has 0 atom stereocenters. The average Bonchev–Trinajstić information content (AvgIpc) is 3.44. The molecular weight excluding hydrogens is 479 g/mol. The van der Waals surface area contributed by atoms with Crippen LogP contribution in [0.15, 0.2) is 59.3 Å². The predicted octanol–water partition coefficient (Wildman–Crippen LogP) is 5.18. The molecule has 11 heteroatoms. The highest BCUT2D eigenvalue weighted by molar-refractivity contribution is 7.07. The van der Waals surface area contributed by atoms with E-state index in [0.717, 1.165) is 17.7 Å². The fourth-order valence-electron chi connectivity index (χ4n) is 3.58. The number of alkyl halides is 3. The molecule has 4 aromatic rings. The summed E-state index contributed by atoms with van der Waals surface area (Å²) in [6.45, 7) is 1.20. The summed E-state index contributed by atoms with van der Waals surface area (Å²) in [5, 5.41) is 15.9. The molecule has 7 nitrogen and oxygen atoms in total. The third-order valence-electron chi connectivity index (χ3n) is 5.19. The zero-order valence-corrected chi connectivity index (χ0v) is 19.2. The average molecular weight is 498 g/mol. The maximum absolute atomic E-state index is 13.5. The van der Waals surface area contributed by atoms with E-state index in [4.69, 9.17) is 0 Å². The third kappa shape index (κ3) is 5.33. The Bertz CT molecular complexity index is 1420. The van der Waals surface area contributed by atoms with E-state index in [1.165, 1.54) is 33.8 Å². The molecule has 0 unspecified atom stereocenters. The highest BCUT2D eigenvalue weighted by atomic mass is 32.1. The molecule has 2 amide bonds. The Balaban J connectivity index is 1.71. The van der Waals surface area contributed by atoms with Gasteiger partial charge in [0.05, 0.1) is 23.1 Å². The van der Waals surface area contributed by atoms with E-state index in [0.29, 0.717) is 11.4 Å². The maximum Gasteiger partial charge on any atom is 0.416 e. The van der Waals surface area contributed by atoms with E-state index in [-0.39, 0.29) is 29.3 Å². The number of imidazole rings is 1. The largest absolute Gasteiger partial charge is 0.416 e. The van der Waals surface area contributed by atoms with Gasteiger partial charge in [0.15, 0.2) is 0 Å². The Labute approximate surface area is 202 Å². The van der Waals surface area contributed by atoms with Crippen LogP contribution in [0.4, 0.5) is 24.5 Å². The van der Waals surface area contributed by atoms with Crippen molar-refractivity contribution in [2.24, 2.45) is 0 Å². The zero-order chi connectivity index (χ0) is 25.2. The molecule has 0 saturated carbocycles. The number of carbonyl (C=O) groups is 2. The van der Waals surface area contributed by atoms with Gasteiger partial charge >= 0.3 is 6.18 Å². The van der Waals surface area contributed by atoms with Crippen molar-refractivity contribution in [3.8, 4) is 6.07 Å². The molecule has 0 bridgehead atoms. The van der Waals surface area contributed by atoms with Gasteiger partial charge in [-0.1, -0.05) is 0 Å². The minimum atomic E-state index is -4.58. The van der Waals surface area contributed by atoms with Gasteiger partial charge in [0.25, 0.3) is 0 Å². The number of amides is 2. The minimum Gasteiger partial charge on any atom is -0.326 e. The first-order valence-electron chi connectivity index (χ1n) is 10.3. The number of aromatic nitrogens is 2. The summed E-state index contributed by atoms with van der Waals surface area (Å²) in [4.78, 5) is 30.3. The Morgan fingerprint density at radius 3 is 2.51 bits per heavy atom. The monoisotopic (exact) mass is 497 g/mol. The van der Waals surface area contributed by atoms with Crippen LogP contribution in [-0.2, 0) is 28.9 Å². The van der Waals surface area contributed by atoms with E-state index >= 15 is 0 Å². The lowest BCUT2D eigenvalue weighted by molar-refractivity contribution is -0.137. The first-order valence-corrected chi connectivity index (χ1v) is 11.3.